The largest absolute Gasteiger partial charge is 0.468 e. The Morgan fingerprint density at radius 2 is 2.17 bits per heavy atom. The molecule has 0 N–H and O–H groups in total. The molecule has 100 valence electrons. The molecule has 6 nitrogen and oxygen atoms in total. The number of rotatable bonds is 5. The highest BCUT2D eigenvalue weighted by atomic mass is 35.5. The van der Waals surface area contributed by atoms with Crippen LogP contribution in [0.1, 0.15) is 6.92 Å². The molecule has 0 aliphatic heterocycles. The van der Waals surface area contributed by atoms with Gasteiger partial charge in [0.2, 0.25) is 10.0 Å². The Bertz CT molecular complexity index is 515. The van der Waals surface area contributed by atoms with E-state index in [4.69, 9.17) is 11.6 Å². The van der Waals surface area contributed by atoms with Crippen LogP contribution in [0.3, 0.4) is 0 Å². The second-order valence-electron chi connectivity index (χ2n) is 3.32. The summed E-state index contributed by atoms with van der Waals surface area (Å²) in [7, 11) is -2.56. The fourth-order valence-corrected chi connectivity index (χ4v) is 2.69. The first kappa shape index (κ1) is 14.9. The number of ether oxygens (including phenoxy) is 1. The standard InChI is InChI=1S/C10H13ClN2O4S/c1-3-13(7-10(14)17-2)18(15,16)8-4-5-9(11)12-6-8/h4-6H,3,7H2,1-2H3. The molecule has 0 aromatic carbocycles. The Labute approximate surface area is 111 Å². The highest BCUT2D eigenvalue weighted by Crippen LogP contribution is 2.16. The van der Waals surface area contributed by atoms with Gasteiger partial charge in [-0.15, -0.1) is 0 Å². The van der Waals surface area contributed by atoms with Crippen molar-refractivity contribution in [3.05, 3.63) is 23.5 Å². The Morgan fingerprint density at radius 3 is 2.61 bits per heavy atom. The number of carbonyl (C=O) groups excluding carboxylic acids is 1. The SMILES string of the molecule is CCN(CC(=O)OC)S(=O)(=O)c1ccc(Cl)nc1. The lowest BCUT2D eigenvalue weighted by Crippen LogP contribution is -2.36. The predicted octanol–water partition coefficient (Wildman–Crippen LogP) is 0.919. The number of hydrogen-bond donors (Lipinski definition) is 0. The maximum atomic E-state index is 12.2. The molecule has 8 heteroatoms. The van der Waals surface area contributed by atoms with Crippen molar-refractivity contribution >= 4 is 27.6 Å². The van der Waals surface area contributed by atoms with Crippen LogP contribution in [0.15, 0.2) is 23.2 Å². The fourth-order valence-electron chi connectivity index (χ4n) is 1.24. The summed E-state index contributed by atoms with van der Waals surface area (Å²) in [6.07, 6.45) is 1.15. The van der Waals surface area contributed by atoms with Crippen molar-refractivity contribution in [2.45, 2.75) is 11.8 Å². The van der Waals surface area contributed by atoms with E-state index in [9.17, 15) is 13.2 Å². The van der Waals surface area contributed by atoms with Crippen molar-refractivity contribution in [1.29, 1.82) is 0 Å². The zero-order valence-electron chi connectivity index (χ0n) is 9.96. The van der Waals surface area contributed by atoms with Gasteiger partial charge in [-0.2, -0.15) is 4.31 Å². The summed E-state index contributed by atoms with van der Waals surface area (Å²) in [5, 5.41) is 0.199. The third-order valence-corrected chi connectivity index (χ3v) is 4.35. The fraction of sp³-hybridized carbons (Fsp3) is 0.400. The van der Waals surface area contributed by atoms with Crippen molar-refractivity contribution in [3.63, 3.8) is 0 Å². The van der Waals surface area contributed by atoms with Crippen LogP contribution in [0.2, 0.25) is 5.15 Å². The van der Waals surface area contributed by atoms with Crippen LogP contribution in [0, 0.1) is 0 Å². The zero-order chi connectivity index (χ0) is 13.8. The monoisotopic (exact) mass is 292 g/mol. The first-order valence-electron chi connectivity index (χ1n) is 5.10. The highest BCUT2D eigenvalue weighted by molar-refractivity contribution is 7.89. The lowest BCUT2D eigenvalue weighted by Gasteiger charge is -2.18. The number of nitrogens with zero attached hydrogens (tertiary/aromatic N) is 2. The Balaban J connectivity index is 3.03. The predicted molar refractivity (Wildman–Crippen MR) is 65.7 cm³/mol. The Morgan fingerprint density at radius 1 is 1.50 bits per heavy atom. The number of sulfonamides is 1. The molecule has 0 saturated heterocycles. The summed E-state index contributed by atoms with van der Waals surface area (Å²) in [4.78, 5) is 14.8. The average molecular weight is 293 g/mol. The Kier molecular flexibility index (Phi) is 5.06. The molecule has 0 unspecified atom stereocenters. The number of aromatic nitrogens is 1. The van der Waals surface area contributed by atoms with Crippen molar-refractivity contribution in [3.8, 4) is 0 Å². The van der Waals surface area contributed by atoms with Crippen molar-refractivity contribution in [2.75, 3.05) is 20.2 Å². The molecule has 0 amide bonds. The molecule has 1 rings (SSSR count). The number of methoxy groups -OCH3 is 1. The first-order chi connectivity index (χ1) is 8.41. The van der Waals surface area contributed by atoms with E-state index in [1.807, 2.05) is 0 Å². The second-order valence-corrected chi connectivity index (χ2v) is 5.65. The van der Waals surface area contributed by atoms with Crippen LogP contribution < -0.4 is 0 Å². The van der Waals surface area contributed by atoms with E-state index >= 15 is 0 Å². The van der Waals surface area contributed by atoms with Gasteiger partial charge >= 0.3 is 5.97 Å². The minimum atomic E-state index is -3.76. The summed E-state index contributed by atoms with van der Waals surface area (Å²) < 4.78 is 29.8. The highest BCUT2D eigenvalue weighted by Gasteiger charge is 2.25. The minimum Gasteiger partial charge on any atom is -0.468 e. The van der Waals surface area contributed by atoms with Crippen LogP contribution >= 0.6 is 11.6 Å². The molecule has 18 heavy (non-hydrogen) atoms. The summed E-state index contributed by atoms with van der Waals surface area (Å²) in [5.41, 5.74) is 0. The van der Waals surface area contributed by atoms with Gasteiger partial charge in [-0.3, -0.25) is 4.79 Å². The number of pyridine rings is 1. The molecule has 0 radical (unpaired) electrons. The van der Waals surface area contributed by atoms with Crippen LogP contribution in [0.25, 0.3) is 0 Å². The van der Waals surface area contributed by atoms with Crippen LogP contribution in [-0.2, 0) is 19.6 Å². The van der Waals surface area contributed by atoms with E-state index in [0.717, 1.165) is 10.5 Å². The van der Waals surface area contributed by atoms with Crippen LogP contribution in [0.5, 0.6) is 0 Å². The first-order valence-corrected chi connectivity index (χ1v) is 6.92. The van der Waals surface area contributed by atoms with Gasteiger partial charge in [0.05, 0.1) is 7.11 Å². The maximum absolute atomic E-state index is 12.2. The van der Waals surface area contributed by atoms with E-state index in [-0.39, 0.29) is 23.1 Å². The molecule has 0 fully saturated rings. The number of carbonyl (C=O) groups is 1. The molecule has 0 aliphatic rings. The molecule has 1 aromatic heterocycles. The number of esters is 1. The van der Waals surface area contributed by atoms with E-state index in [1.54, 1.807) is 6.92 Å². The normalized spacial score (nSPS) is 11.6. The van der Waals surface area contributed by atoms with Crippen molar-refractivity contribution in [1.82, 2.24) is 9.29 Å². The molecular formula is C10H13ClN2O4S. The van der Waals surface area contributed by atoms with E-state index < -0.39 is 16.0 Å². The maximum Gasteiger partial charge on any atom is 0.321 e. The molecule has 1 aromatic rings. The topological polar surface area (TPSA) is 76.6 Å². The van der Waals surface area contributed by atoms with Gasteiger partial charge < -0.3 is 4.74 Å². The molecule has 0 spiro atoms. The summed E-state index contributed by atoms with van der Waals surface area (Å²) in [5.74, 6) is -0.623. The molecule has 0 atom stereocenters. The number of likely N-dealkylation sites (N-methyl/N-ethyl adjacent to an activating group) is 1. The van der Waals surface area contributed by atoms with Crippen molar-refractivity contribution < 1.29 is 17.9 Å². The van der Waals surface area contributed by atoms with E-state index in [1.165, 1.54) is 19.2 Å². The molecule has 0 saturated carbocycles. The molecule has 1 heterocycles. The van der Waals surface area contributed by atoms with E-state index in [2.05, 4.69) is 9.72 Å². The van der Waals surface area contributed by atoms with E-state index in [0.29, 0.717) is 0 Å². The third-order valence-electron chi connectivity index (χ3n) is 2.22. The number of halogens is 1. The van der Waals surface area contributed by atoms with Crippen LogP contribution in [-0.4, -0.2) is 43.9 Å². The molecule has 0 aliphatic carbocycles. The summed E-state index contributed by atoms with van der Waals surface area (Å²) in [6, 6.07) is 2.71. The molecular weight excluding hydrogens is 280 g/mol. The van der Waals surface area contributed by atoms with Crippen molar-refractivity contribution in [2.24, 2.45) is 0 Å². The molecule has 0 bridgehead atoms. The number of hydrogen-bond acceptors (Lipinski definition) is 5. The third kappa shape index (κ3) is 3.41. The van der Waals surface area contributed by atoms with Crippen LogP contribution in [0.4, 0.5) is 0 Å². The lowest BCUT2D eigenvalue weighted by molar-refractivity contribution is -0.140. The second kappa shape index (κ2) is 6.12. The van der Waals surface area contributed by atoms with Gasteiger partial charge in [0.15, 0.2) is 0 Å². The smallest absolute Gasteiger partial charge is 0.321 e. The quantitative estimate of drug-likeness (QED) is 0.596. The van der Waals surface area contributed by atoms with Gasteiger partial charge in [0.25, 0.3) is 0 Å². The lowest BCUT2D eigenvalue weighted by atomic mass is 10.5. The minimum absolute atomic E-state index is 0.0161. The van der Waals surface area contributed by atoms with Gasteiger partial charge in [-0.05, 0) is 12.1 Å². The van der Waals surface area contributed by atoms with Gasteiger partial charge in [0, 0.05) is 12.7 Å². The van der Waals surface area contributed by atoms with Gasteiger partial charge in [-0.25, -0.2) is 13.4 Å². The van der Waals surface area contributed by atoms with Gasteiger partial charge in [-0.1, -0.05) is 18.5 Å². The summed E-state index contributed by atoms with van der Waals surface area (Å²) in [6.45, 7) is 1.45. The average Bonchev–Trinajstić information content (AvgIpc) is 2.35. The Hall–Kier alpha value is -1.18. The van der Waals surface area contributed by atoms with Gasteiger partial charge in [0.1, 0.15) is 16.6 Å². The zero-order valence-corrected chi connectivity index (χ0v) is 11.5. The summed E-state index contributed by atoms with van der Waals surface area (Å²) >= 11 is 5.59.